The number of ether oxygens (including phenoxy) is 1. The molecule has 3 rings (SSSR count). The van der Waals surface area contributed by atoms with Crippen LogP contribution < -0.4 is 0 Å². The minimum atomic E-state index is -0.157. The fourth-order valence-electron chi connectivity index (χ4n) is 6.15. The first-order valence-electron chi connectivity index (χ1n) is 7.47. The van der Waals surface area contributed by atoms with Crippen molar-refractivity contribution in [2.24, 2.45) is 34.5 Å². The van der Waals surface area contributed by atoms with Crippen LogP contribution in [0.4, 0.5) is 0 Å². The summed E-state index contributed by atoms with van der Waals surface area (Å²) in [6.07, 6.45) is 3.52. The number of Topliss-reactive ketones (excluding diaryl/α,β-unsaturated/α-hetero) is 1. The number of hydrogen-bond acceptors (Lipinski definition) is 3. The number of methoxy groups -OCH3 is 1. The molecular weight excluding hydrogens is 240 g/mol. The average molecular weight is 264 g/mol. The van der Waals surface area contributed by atoms with Crippen LogP contribution in [0.25, 0.3) is 0 Å². The van der Waals surface area contributed by atoms with E-state index in [1.165, 1.54) is 13.5 Å². The lowest BCUT2D eigenvalue weighted by Gasteiger charge is -2.46. The molecule has 4 bridgehead atoms. The molecule has 5 atom stereocenters. The zero-order valence-corrected chi connectivity index (χ0v) is 12.4. The molecule has 0 heterocycles. The molecule has 0 radical (unpaired) electrons. The van der Waals surface area contributed by atoms with Crippen molar-refractivity contribution in [3.8, 4) is 0 Å². The van der Waals surface area contributed by atoms with Gasteiger partial charge >= 0.3 is 5.97 Å². The van der Waals surface area contributed by atoms with E-state index in [9.17, 15) is 9.59 Å². The molecule has 3 aliphatic carbocycles. The number of esters is 1. The number of hydrogen-bond donors (Lipinski definition) is 0. The largest absolute Gasteiger partial charge is 0.469 e. The molecule has 0 N–H and O–H groups in total. The van der Waals surface area contributed by atoms with Gasteiger partial charge in [0.15, 0.2) is 0 Å². The van der Waals surface area contributed by atoms with Gasteiger partial charge in [-0.05, 0) is 41.4 Å². The van der Waals surface area contributed by atoms with Crippen molar-refractivity contribution in [3.63, 3.8) is 0 Å². The van der Waals surface area contributed by atoms with E-state index in [1.807, 2.05) is 0 Å². The molecule has 0 aromatic rings. The van der Waals surface area contributed by atoms with Crippen LogP contribution in [0.5, 0.6) is 0 Å². The van der Waals surface area contributed by atoms with Gasteiger partial charge in [-0.3, -0.25) is 9.59 Å². The molecule has 3 saturated carbocycles. The number of ketones is 1. The number of rotatable bonds is 2. The normalized spacial score (nSPS) is 47.8. The molecule has 3 aliphatic rings. The monoisotopic (exact) mass is 264 g/mol. The highest BCUT2D eigenvalue weighted by Crippen LogP contribution is 2.75. The van der Waals surface area contributed by atoms with E-state index >= 15 is 0 Å². The minimum absolute atomic E-state index is 0.0585. The van der Waals surface area contributed by atoms with E-state index in [4.69, 9.17) is 4.74 Å². The molecule has 0 amide bonds. The third-order valence-electron chi connectivity index (χ3n) is 6.63. The summed E-state index contributed by atoms with van der Waals surface area (Å²) in [5.74, 6) is 1.53. The molecule has 0 aliphatic heterocycles. The standard InChI is InChI=1S/C16H24O3/c1-9(2)16-8-10(17)7-15(3)12(16)6-5-11(16)13(15)14(18)19-4/h9,11-13H,5-8H2,1-4H3/t11-,12+,13-,15+,16+/m1/s1. The minimum Gasteiger partial charge on any atom is -0.469 e. The van der Waals surface area contributed by atoms with Crippen molar-refractivity contribution in [2.75, 3.05) is 7.11 Å². The molecule has 0 aromatic heterocycles. The topological polar surface area (TPSA) is 43.4 Å². The van der Waals surface area contributed by atoms with Crippen molar-refractivity contribution in [2.45, 2.75) is 46.5 Å². The lowest BCUT2D eigenvalue weighted by atomic mass is 9.57. The fraction of sp³-hybridized carbons (Fsp3) is 0.875. The Labute approximate surface area is 115 Å². The van der Waals surface area contributed by atoms with Gasteiger partial charge in [-0.15, -0.1) is 0 Å². The van der Waals surface area contributed by atoms with Crippen LogP contribution in [-0.4, -0.2) is 18.9 Å². The zero-order chi connectivity index (χ0) is 14.0. The van der Waals surface area contributed by atoms with E-state index in [-0.39, 0.29) is 22.7 Å². The quantitative estimate of drug-likeness (QED) is 0.720. The summed E-state index contributed by atoms with van der Waals surface area (Å²) in [7, 11) is 1.48. The van der Waals surface area contributed by atoms with E-state index < -0.39 is 0 Å². The molecule has 0 aromatic carbocycles. The maximum atomic E-state index is 12.3. The number of carbonyl (C=O) groups is 2. The molecule has 3 heteroatoms. The van der Waals surface area contributed by atoms with E-state index in [2.05, 4.69) is 20.8 Å². The second-order valence-electron chi connectivity index (χ2n) is 7.40. The summed E-state index contributed by atoms with van der Waals surface area (Å²) >= 11 is 0. The molecule has 0 saturated heterocycles. The lowest BCUT2D eigenvalue weighted by molar-refractivity contribution is -0.153. The molecule has 0 spiro atoms. The molecule has 3 nitrogen and oxygen atoms in total. The first-order chi connectivity index (χ1) is 8.87. The van der Waals surface area contributed by atoms with Crippen LogP contribution in [0.15, 0.2) is 0 Å². The molecule has 106 valence electrons. The van der Waals surface area contributed by atoms with E-state index in [0.29, 0.717) is 36.4 Å². The fourth-order valence-corrected chi connectivity index (χ4v) is 6.15. The summed E-state index contributed by atoms with van der Waals surface area (Å²) in [4.78, 5) is 24.6. The SMILES string of the molecule is COC(=O)[C@H]1[C@H]2CC[C@H]3[C@]1(C)CC(=O)C[C@]23C(C)C. The molecular formula is C16H24O3. The Bertz CT molecular complexity index is 441. The van der Waals surface area contributed by atoms with E-state index in [0.717, 1.165) is 6.42 Å². The second kappa shape index (κ2) is 3.83. The van der Waals surface area contributed by atoms with Gasteiger partial charge in [0.2, 0.25) is 0 Å². The van der Waals surface area contributed by atoms with Gasteiger partial charge in [-0.1, -0.05) is 20.8 Å². The second-order valence-corrected chi connectivity index (χ2v) is 7.40. The zero-order valence-electron chi connectivity index (χ0n) is 12.4. The first kappa shape index (κ1) is 13.1. The van der Waals surface area contributed by atoms with Crippen LogP contribution >= 0.6 is 0 Å². The van der Waals surface area contributed by atoms with Gasteiger partial charge in [0.1, 0.15) is 5.78 Å². The summed E-state index contributed by atoms with van der Waals surface area (Å²) in [5, 5.41) is 0. The van der Waals surface area contributed by atoms with Gasteiger partial charge in [0.25, 0.3) is 0 Å². The van der Waals surface area contributed by atoms with Gasteiger partial charge in [-0.2, -0.15) is 0 Å². The van der Waals surface area contributed by atoms with Gasteiger partial charge in [0, 0.05) is 12.8 Å². The first-order valence-corrected chi connectivity index (χ1v) is 7.47. The maximum absolute atomic E-state index is 12.3. The Hall–Kier alpha value is -0.860. The molecule has 0 unspecified atom stereocenters. The highest BCUT2D eigenvalue weighted by atomic mass is 16.5. The van der Waals surface area contributed by atoms with Gasteiger partial charge < -0.3 is 4.74 Å². The predicted molar refractivity (Wildman–Crippen MR) is 71.3 cm³/mol. The highest BCUT2D eigenvalue weighted by molar-refractivity contribution is 5.85. The number of carbonyl (C=O) groups excluding carboxylic acids is 2. The summed E-state index contributed by atoms with van der Waals surface area (Å²) in [5.41, 5.74) is -0.0987. The van der Waals surface area contributed by atoms with E-state index in [1.54, 1.807) is 0 Å². The highest BCUT2D eigenvalue weighted by Gasteiger charge is 2.73. The van der Waals surface area contributed by atoms with Crippen molar-refractivity contribution in [1.82, 2.24) is 0 Å². The van der Waals surface area contributed by atoms with Crippen LogP contribution in [0, 0.1) is 34.5 Å². The molecule has 3 fully saturated rings. The Morgan fingerprint density at radius 2 is 2.00 bits per heavy atom. The Morgan fingerprint density at radius 3 is 2.58 bits per heavy atom. The van der Waals surface area contributed by atoms with Crippen LogP contribution in [0.2, 0.25) is 0 Å². The third-order valence-corrected chi connectivity index (χ3v) is 6.63. The van der Waals surface area contributed by atoms with Crippen molar-refractivity contribution in [3.05, 3.63) is 0 Å². The predicted octanol–water partition coefficient (Wildman–Crippen LogP) is 2.83. The summed E-state index contributed by atoms with van der Waals surface area (Å²) < 4.78 is 5.07. The van der Waals surface area contributed by atoms with Crippen LogP contribution in [0.1, 0.15) is 46.5 Å². The average Bonchev–Trinajstić information content (AvgIpc) is 2.75. The lowest BCUT2D eigenvalue weighted by Crippen LogP contribution is -2.44. The maximum Gasteiger partial charge on any atom is 0.309 e. The van der Waals surface area contributed by atoms with Crippen molar-refractivity contribution >= 4 is 11.8 Å². The van der Waals surface area contributed by atoms with Crippen LogP contribution in [-0.2, 0) is 14.3 Å². The summed E-state index contributed by atoms with van der Waals surface area (Å²) in [6.45, 7) is 6.61. The Morgan fingerprint density at radius 1 is 1.32 bits per heavy atom. The van der Waals surface area contributed by atoms with Gasteiger partial charge in [-0.25, -0.2) is 0 Å². The van der Waals surface area contributed by atoms with Gasteiger partial charge in [0.05, 0.1) is 13.0 Å². The Kier molecular flexibility index (Phi) is 2.65. The van der Waals surface area contributed by atoms with Crippen molar-refractivity contribution < 1.29 is 14.3 Å². The Balaban J connectivity index is 2.14. The van der Waals surface area contributed by atoms with Crippen LogP contribution in [0.3, 0.4) is 0 Å². The smallest absolute Gasteiger partial charge is 0.309 e. The molecule has 19 heavy (non-hydrogen) atoms. The summed E-state index contributed by atoms with van der Waals surface area (Å²) in [6, 6.07) is 0. The van der Waals surface area contributed by atoms with Crippen molar-refractivity contribution in [1.29, 1.82) is 0 Å². The third kappa shape index (κ3) is 1.34.